The minimum atomic E-state index is -2.85. The lowest BCUT2D eigenvalue weighted by Crippen LogP contribution is -2.34. The Labute approximate surface area is 116 Å². The summed E-state index contributed by atoms with van der Waals surface area (Å²) in [6.45, 7) is 0. The van der Waals surface area contributed by atoms with Gasteiger partial charge < -0.3 is 4.90 Å². The van der Waals surface area contributed by atoms with Crippen LogP contribution in [0.3, 0.4) is 0 Å². The van der Waals surface area contributed by atoms with Crippen LogP contribution < -0.4 is 0 Å². The summed E-state index contributed by atoms with van der Waals surface area (Å²) in [7, 11) is 8.11. The summed E-state index contributed by atoms with van der Waals surface area (Å²) in [4.78, 5) is 6.38. The van der Waals surface area contributed by atoms with E-state index in [0.717, 1.165) is 5.69 Å². The van der Waals surface area contributed by atoms with Crippen LogP contribution in [0.2, 0.25) is 0 Å². The summed E-state index contributed by atoms with van der Waals surface area (Å²) >= 11 is 0. The van der Waals surface area contributed by atoms with E-state index in [0.29, 0.717) is 5.58 Å². The van der Waals surface area contributed by atoms with E-state index >= 15 is 0 Å². The Morgan fingerprint density at radius 2 is 1.42 bits per heavy atom. The summed E-state index contributed by atoms with van der Waals surface area (Å²) in [6.07, 6.45) is 0. The topological polar surface area (TPSA) is 39.2 Å². The predicted molar refractivity (Wildman–Crippen MR) is 82.2 cm³/mol. The van der Waals surface area contributed by atoms with Crippen molar-refractivity contribution in [2.75, 3.05) is 42.3 Å². The van der Waals surface area contributed by atoms with Crippen molar-refractivity contribution in [3.63, 3.8) is 0 Å². The molecule has 0 N–H and O–H groups in total. The molecule has 0 saturated heterocycles. The lowest BCUT2D eigenvalue weighted by molar-refractivity contribution is 0.455. The first kappa shape index (κ1) is 15.9. The second kappa shape index (κ2) is 6.33. The van der Waals surface area contributed by atoms with Crippen molar-refractivity contribution in [2.24, 2.45) is 4.99 Å². The van der Waals surface area contributed by atoms with Crippen molar-refractivity contribution < 1.29 is 4.57 Å². The molecule has 1 aromatic rings. The third kappa shape index (κ3) is 3.44. The van der Waals surface area contributed by atoms with E-state index < -0.39 is 7.44 Å². The van der Waals surface area contributed by atoms with Crippen LogP contribution in [0.5, 0.6) is 0 Å². The molecule has 0 amide bonds. The van der Waals surface area contributed by atoms with Gasteiger partial charge in [0.2, 0.25) is 0 Å². The minimum Gasteiger partial charge on any atom is -0.358 e. The molecule has 0 unspecified atom stereocenters. The van der Waals surface area contributed by atoms with Crippen molar-refractivity contribution in [1.29, 1.82) is 0 Å². The highest BCUT2D eigenvalue weighted by atomic mass is 31.2. The molecule has 0 aromatic heterocycles. The number of rotatable bonds is 4. The summed E-state index contributed by atoms with van der Waals surface area (Å²) < 4.78 is 16.7. The predicted octanol–water partition coefficient (Wildman–Crippen LogP) is 2.55. The summed E-state index contributed by atoms with van der Waals surface area (Å²) in [5.74, 6) is 0. The van der Waals surface area contributed by atoms with Crippen LogP contribution in [-0.2, 0) is 4.57 Å². The normalized spacial score (nSPS) is 13.2. The highest BCUT2D eigenvalue weighted by molar-refractivity contribution is 7.76. The molecule has 0 bridgehead atoms. The lowest BCUT2D eigenvalue weighted by atomic mass is 10.3. The Hall–Kier alpha value is -1.16. The third-order valence-electron chi connectivity index (χ3n) is 2.73. The van der Waals surface area contributed by atoms with Gasteiger partial charge >= 0.3 is 0 Å². The van der Waals surface area contributed by atoms with Crippen molar-refractivity contribution in [3.8, 4) is 0 Å². The molecule has 0 fully saturated rings. The van der Waals surface area contributed by atoms with Crippen molar-refractivity contribution >= 4 is 18.7 Å². The Bertz CT molecular complexity index is 471. The quantitative estimate of drug-likeness (QED) is 0.483. The fourth-order valence-corrected chi connectivity index (χ4v) is 3.96. The molecular weight excluding hydrogens is 259 g/mol. The van der Waals surface area contributed by atoms with Gasteiger partial charge in [0.1, 0.15) is 0 Å². The van der Waals surface area contributed by atoms with Gasteiger partial charge in [0.15, 0.2) is 5.58 Å². The number of aliphatic imine (C=N–C) groups is 1. The second-order valence-corrected chi connectivity index (χ2v) is 7.97. The average molecular weight is 282 g/mol. The summed E-state index contributed by atoms with van der Waals surface area (Å²) in [5.41, 5.74) is 1.36. The average Bonchev–Trinajstić information content (AvgIpc) is 2.35. The summed E-state index contributed by atoms with van der Waals surface area (Å²) in [5, 5.41) is 0. The standard InChI is InChI=1S/C13H23N4OP/c1-15(2)13(14-12-10-8-7-9-11-12)19(18,16(3)4)17(5)6/h7-11H,1-6H3. The van der Waals surface area contributed by atoms with Crippen molar-refractivity contribution in [1.82, 2.24) is 14.2 Å². The van der Waals surface area contributed by atoms with Gasteiger partial charge in [0.25, 0.3) is 7.44 Å². The fourth-order valence-electron chi connectivity index (χ4n) is 1.76. The highest BCUT2D eigenvalue weighted by Gasteiger charge is 2.36. The van der Waals surface area contributed by atoms with E-state index in [4.69, 9.17) is 0 Å². The Kier molecular flexibility index (Phi) is 5.29. The van der Waals surface area contributed by atoms with Gasteiger partial charge in [-0.3, -0.25) is 4.57 Å². The van der Waals surface area contributed by atoms with Gasteiger partial charge in [-0.05, 0) is 40.3 Å². The van der Waals surface area contributed by atoms with Crippen molar-refractivity contribution in [2.45, 2.75) is 0 Å². The van der Waals surface area contributed by atoms with E-state index in [1.165, 1.54) is 0 Å². The number of hydrogen-bond donors (Lipinski definition) is 0. The zero-order valence-corrected chi connectivity index (χ0v) is 13.4. The Morgan fingerprint density at radius 1 is 0.947 bits per heavy atom. The molecule has 106 valence electrons. The largest absolute Gasteiger partial charge is 0.358 e. The molecule has 1 aromatic carbocycles. The van der Waals surface area contributed by atoms with Gasteiger partial charge in [0.05, 0.1) is 5.69 Å². The van der Waals surface area contributed by atoms with Gasteiger partial charge in [-0.25, -0.2) is 14.3 Å². The van der Waals surface area contributed by atoms with E-state index in [-0.39, 0.29) is 0 Å². The first-order chi connectivity index (χ1) is 8.80. The molecule has 19 heavy (non-hydrogen) atoms. The van der Waals surface area contributed by atoms with E-state index in [1.54, 1.807) is 9.34 Å². The zero-order valence-electron chi connectivity index (χ0n) is 12.5. The molecule has 0 aliphatic heterocycles. The fraction of sp³-hybridized carbons (Fsp3) is 0.462. The maximum Gasteiger partial charge on any atom is 0.279 e. The Balaban J connectivity index is 3.36. The molecule has 0 saturated carbocycles. The first-order valence-electron chi connectivity index (χ1n) is 6.07. The number of hydrogen-bond acceptors (Lipinski definition) is 2. The molecule has 0 atom stereocenters. The Morgan fingerprint density at radius 3 is 1.79 bits per heavy atom. The van der Waals surface area contributed by atoms with Gasteiger partial charge in [-0.1, -0.05) is 18.2 Å². The first-order valence-corrected chi connectivity index (χ1v) is 7.68. The number of para-hydroxylation sites is 1. The smallest absolute Gasteiger partial charge is 0.279 e. The lowest BCUT2D eigenvalue weighted by Gasteiger charge is -2.34. The van der Waals surface area contributed by atoms with Crippen molar-refractivity contribution in [3.05, 3.63) is 30.3 Å². The highest BCUT2D eigenvalue weighted by Crippen LogP contribution is 2.52. The molecule has 0 aliphatic rings. The van der Waals surface area contributed by atoms with E-state index in [9.17, 15) is 4.57 Å². The number of amidine groups is 1. The molecule has 0 radical (unpaired) electrons. The number of nitrogens with zero attached hydrogens (tertiary/aromatic N) is 4. The minimum absolute atomic E-state index is 0.564. The molecule has 5 nitrogen and oxygen atoms in total. The van der Waals surface area contributed by atoms with Crippen LogP contribution in [0.25, 0.3) is 0 Å². The molecular formula is C13H23N4OP. The van der Waals surface area contributed by atoms with Crippen LogP contribution in [-0.4, -0.2) is 62.1 Å². The maximum absolute atomic E-state index is 13.2. The van der Waals surface area contributed by atoms with Crippen LogP contribution >= 0.6 is 7.44 Å². The van der Waals surface area contributed by atoms with Crippen LogP contribution in [0, 0.1) is 0 Å². The third-order valence-corrected chi connectivity index (χ3v) is 5.92. The SMILES string of the molecule is CN(C)C(=Nc1ccccc1)P(=O)(N(C)C)N(C)C. The molecule has 6 heteroatoms. The monoisotopic (exact) mass is 282 g/mol. The molecule has 0 spiro atoms. The molecule has 0 heterocycles. The molecule has 1 rings (SSSR count). The van der Waals surface area contributed by atoms with Crippen LogP contribution in [0.1, 0.15) is 0 Å². The van der Waals surface area contributed by atoms with Crippen LogP contribution in [0.15, 0.2) is 35.3 Å². The van der Waals surface area contributed by atoms with Crippen LogP contribution in [0.4, 0.5) is 5.69 Å². The summed E-state index contributed by atoms with van der Waals surface area (Å²) in [6, 6.07) is 9.58. The maximum atomic E-state index is 13.2. The van der Waals surface area contributed by atoms with E-state index in [2.05, 4.69) is 4.99 Å². The van der Waals surface area contributed by atoms with Gasteiger partial charge in [-0.15, -0.1) is 0 Å². The van der Waals surface area contributed by atoms with Gasteiger partial charge in [0, 0.05) is 14.1 Å². The van der Waals surface area contributed by atoms with E-state index in [1.807, 2.05) is 77.5 Å². The second-order valence-electron chi connectivity index (χ2n) is 4.88. The van der Waals surface area contributed by atoms with Gasteiger partial charge in [-0.2, -0.15) is 0 Å². The zero-order chi connectivity index (χ0) is 14.6. The number of benzene rings is 1. The molecule has 0 aliphatic carbocycles.